The van der Waals surface area contributed by atoms with E-state index in [0.717, 1.165) is 6.20 Å². The highest BCUT2D eigenvalue weighted by Gasteiger charge is 2.23. The first-order valence-electron chi connectivity index (χ1n) is 10.9. The number of ether oxygens (including phenoxy) is 1. The lowest BCUT2D eigenvalue weighted by Gasteiger charge is -2.18. The predicted octanol–water partition coefficient (Wildman–Crippen LogP) is 5.09. The van der Waals surface area contributed by atoms with Crippen LogP contribution in [0.5, 0.6) is 5.75 Å². The molecule has 192 valence electrons. The van der Waals surface area contributed by atoms with Crippen LogP contribution in [0, 0.1) is 25.5 Å². The fraction of sp³-hybridized carbons (Fsp3) is 0.240. The molecule has 37 heavy (non-hydrogen) atoms. The van der Waals surface area contributed by atoms with Crippen LogP contribution in [-0.4, -0.2) is 29.6 Å². The third kappa shape index (κ3) is 5.46. The molecule has 0 aliphatic heterocycles. The van der Waals surface area contributed by atoms with Crippen molar-refractivity contribution in [2.24, 2.45) is 0 Å². The van der Waals surface area contributed by atoms with Gasteiger partial charge < -0.3 is 9.84 Å². The van der Waals surface area contributed by atoms with Crippen molar-refractivity contribution in [1.29, 1.82) is 0 Å². The van der Waals surface area contributed by atoms with E-state index in [1.54, 1.807) is 40.0 Å². The molecule has 0 fully saturated rings. The van der Waals surface area contributed by atoms with E-state index in [9.17, 15) is 18.7 Å². The van der Waals surface area contributed by atoms with Crippen LogP contribution in [0.3, 0.4) is 0 Å². The van der Waals surface area contributed by atoms with Crippen LogP contribution in [0.2, 0.25) is 10.0 Å². The summed E-state index contributed by atoms with van der Waals surface area (Å²) in [5, 5.41) is 10.3. The molecule has 4 rings (SSSR count). The fourth-order valence-electron chi connectivity index (χ4n) is 3.51. The summed E-state index contributed by atoms with van der Waals surface area (Å²) < 4.78 is 33.9. The minimum absolute atomic E-state index is 0.0199. The second-order valence-electron chi connectivity index (χ2n) is 8.78. The first-order chi connectivity index (χ1) is 17.4. The largest absolute Gasteiger partial charge is 0.485 e. The maximum atomic E-state index is 13.9. The second kappa shape index (κ2) is 10.1. The molecule has 0 aliphatic carbocycles. The fourth-order valence-corrected chi connectivity index (χ4v) is 3.89. The maximum absolute atomic E-state index is 13.9. The predicted molar refractivity (Wildman–Crippen MR) is 134 cm³/mol. The van der Waals surface area contributed by atoms with Crippen molar-refractivity contribution in [2.75, 3.05) is 0 Å². The summed E-state index contributed by atoms with van der Waals surface area (Å²) in [5.74, 6) is -1.52. The average Bonchev–Trinajstić information content (AvgIpc) is 2.82. The van der Waals surface area contributed by atoms with Crippen molar-refractivity contribution in [3.8, 4) is 22.8 Å². The third-order valence-corrected chi connectivity index (χ3v) is 6.02. The van der Waals surface area contributed by atoms with Gasteiger partial charge in [0, 0.05) is 24.0 Å². The van der Waals surface area contributed by atoms with Crippen LogP contribution in [0.25, 0.3) is 17.1 Å². The second-order valence-corrected chi connectivity index (χ2v) is 9.57. The van der Waals surface area contributed by atoms with Gasteiger partial charge in [-0.2, -0.15) is 0 Å². The van der Waals surface area contributed by atoms with Crippen LogP contribution >= 0.6 is 23.2 Å². The highest BCUT2D eigenvalue weighted by molar-refractivity contribution is 6.32. The molecule has 12 heteroatoms. The average molecular weight is 548 g/mol. The quantitative estimate of drug-likeness (QED) is 0.358. The summed E-state index contributed by atoms with van der Waals surface area (Å²) in [6.07, 6.45) is 3.79. The Bertz CT molecular complexity index is 1570. The first kappa shape index (κ1) is 26.6. The standard InChI is InChI=1S/C25H21Cl2F2N5O3/c1-12-8-30-17(22-15(26)10-32-24(33-22)25(3,4)36)7-19(12)34-13(2)5-20(21(27)23(34)35)37-11-18-16(29)6-14(28)9-31-18/h5-10,36H,11H2,1-4H3. The summed E-state index contributed by atoms with van der Waals surface area (Å²) >= 11 is 12.7. The van der Waals surface area contributed by atoms with Crippen molar-refractivity contribution in [1.82, 2.24) is 24.5 Å². The van der Waals surface area contributed by atoms with E-state index in [2.05, 4.69) is 19.9 Å². The molecule has 0 aliphatic rings. The Kier molecular flexibility index (Phi) is 7.27. The molecule has 4 heterocycles. The number of aliphatic hydroxyl groups is 1. The molecule has 0 saturated carbocycles. The smallest absolute Gasteiger partial charge is 0.277 e. The van der Waals surface area contributed by atoms with Crippen molar-refractivity contribution >= 4 is 23.2 Å². The molecule has 8 nitrogen and oxygen atoms in total. The summed E-state index contributed by atoms with van der Waals surface area (Å²) in [4.78, 5) is 29.8. The zero-order valence-corrected chi connectivity index (χ0v) is 21.7. The zero-order valence-electron chi connectivity index (χ0n) is 20.2. The first-order valence-corrected chi connectivity index (χ1v) is 11.7. The van der Waals surface area contributed by atoms with E-state index in [0.29, 0.717) is 28.7 Å². The van der Waals surface area contributed by atoms with Crippen LogP contribution in [0.1, 0.15) is 36.6 Å². The Hall–Kier alpha value is -3.47. The lowest BCUT2D eigenvalue weighted by Crippen LogP contribution is -2.23. The van der Waals surface area contributed by atoms with Crippen LogP contribution in [-0.2, 0) is 12.2 Å². The van der Waals surface area contributed by atoms with Crippen molar-refractivity contribution in [2.45, 2.75) is 39.9 Å². The van der Waals surface area contributed by atoms with E-state index in [4.69, 9.17) is 27.9 Å². The molecular formula is C25H21Cl2F2N5O3. The van der Waals surface area contributed by atoms with Crippen molar-refractivity contribution in [3.63, 3.8) is 0 Å². The van der Waals surface area contributed by atoms with E-state index >= 15 is 0 Å². The van der Waals surface area contributed by atoms with Gasteiger partial charge in [-0.3, -0.25) is 19.3 Å². The van der Waals surface area contributed by atoms with Gasteiger partial charge in [0.1, 0.15) is 40.2 Å². The molecule has 0 bridgehead atoms. The highest BCUT2D eigenvalue weighted by Crippen LogP contribution is 2.30. The topological polar surface area (TPSA) is 103 Å². The van der Waals surface area contributed by atoms with Gasteiger partial charge in [-0.05, 0) is 39.3 Å². The summed E-state index contributed by atoms with van der Waals surface area (Å²) in [6, 6.07) is 3.84. The van der Waals surface area contributed by atoms with Gasteiger partial charge in [-0.15, -0.1) is 0 Å². The van der Waals surface area contributed by atoms with E-state index in [1.165, 1.54) is 16.8 Å². The van der Waals surface area contributed by atoms with Gasteiger partial charge in [0.2, 0.25) is 0 Å². The number of hydrogen-bond acceptors (Lipinski definition) is 7. The summed E-state index contributed by atoms with van der Waals surface area (Å²) in [5.41, 5.74) is 0.172. The Balaban J connectivity index is 1.75. The van der Waals surface area contributed by atoms with Gasteiger partial charge in [0.15, 0.2) is 11.6 Å². The van der Waals surface area contributed by atoms with E-state index < -0.39 is 22.8 Å². The maximum Gasteiger partial charge on any atom is 0.277 e. The van der Waals surface area contributed by atoms with Gasteiger partial charge in [0.25, 0.3) is 5.56 Å². The number of halogens is 4. The molecule has 0 spiro atoms. The molecule has 0 aromatic carbocycles. The normalized spacial score (nSPS) is 11.6. The Labute approximate surface area is 220 Å². The minimum atomic E-state index is -1.31. The Morgan fingerprint density at radius 1 is 1.05 bits per heavy atom. The Morgan fingerprint density at radius 2 is 1.78 bits per heavy atom. The number of hydrogen-bond donors (Lipinski definition) is 1. The number of aryl methyl sites for hydroxylation is 2. The number of pyridine rings is 3. The molecule has 0 saturated heterocycles. The monoisotopic (exact) mass is 547 g/mol. The van der Waals surface area contributed by atoms with Gasteiger partial charge >= 0.3 is 0 Å². The number of aromatic nitrogens is 5. The Morgan fingerprint density at radius 3 is 2.46 bits per heavy atom. The van der Waals surface area contributed by atoms with Gasteiger partial charge in [0.05, 0.1) is 28.8 Å². The van der Waals surface area contributed by atoms with E-state index in [-0.39, 0.29) is 39.6 Å². The molecule has 0 amide bonds. The molecule has 1 N–H and O–H groups in total. The number of nitrogens with zero attached hydrogens (tertiary/aromatic N) is 5. The van der Waals surface area contributed by atoms with Crippen LogP contribution in [0.4, 0.5) is 8.78 Å². The molecule has 0 unspecified atom stereocenters. The minimum Gasteiger partial charge on any atom is -0.485 e. The third-order valence-electron chi connectivity index (χ3n) is 5.40. The highest BCUT2D eigenvalue weighted by atomic mass is 35.5. The molecule has 4 aromatic heterocycles. The van der Waals surface area contributed by atoms with Gasteiger partial charge in [-0.25, -0.2) is 18.7 Å². The van der Waals surface area contributed by atoms with Crippen LogP contribution in [0.15, 0.2) is 41.6 Å². The molecule has 0 radical (unpaired) electrons. The molecule has 0 atom stereocenters. The molecular weight excluding hydrogens is 527 g/mol. The molecule has 4 aromatic rings. The lowest BCUT2D eigenvalue weighted by molar-refractivity contribution is 0.0688. The van der Waals surface area contributed by atoms with Crippen molar-refractivity contribution < 1.29 is 18.6 Å². The lowest BCUT2D eigenvalue weighted by atomic mass is 10.1. The zero-order chi connectivity index (χ0) is 27.1. The van der Waals surface area contributed by atoms with Gasteiger partial charge in [-0.1, -0.05) is 23.2 Å². The van der Waals surface area contributed by atoms with Crippen LogP contribution < -0.4 is 10.3 Å². The SMILES string of the molecule is Cc1cnc(-c2nc(C(C)(C)O)ncc2Cl)cc1-n1c(C)cc(OCc2ncc(F)cc2F)c(Cl)c1=O. The van der Waals surface area contributed by atoms with Crippen molar-refractivity contribution in [3.05, 3.63) is 91.6 Å². The number of rotatable bonds is 6. The van der Waals surface area contributed by atoms with E-state index in [1.807, 2.05) is 0 Å². The summed E-state index contributed by atoms with van der Waals surface area (Å²) in [6.45, 7) is 6.17. The summed E-state index contributed by atoms with van der Waals surface area (Å²) in [7, 11) is 0.